The lowest BCUT2D eigenvalue weighted by molar-refractivity contribution is -0.119. The molecule has 0 bridgehead atoms. The quantitative estimate of drug-likeness (QED) is 0.477. The van der Waals surface area contributed by atoms with Crippen LogP contribution in [0.5, 0.6) is 5.75 Å². The van der Waals surface area contributed by atoms with Crippen molar-refractivity contribution in [3.05, 3.63) is 87.7 Å². The van der Waals surface area contributed by atoms with Gasteiger partial charge in [0.25, 0.3) is 11.8 Å². The number of carbonyl (C=O) groups is 2. The summed E-state index contributed by atoms with van der Waals surface area (Å²) in [5, 5.41) is 0.451. The third kappa shape index (κ3) is 3.64. The minimum absolute atomic E-state index is 0.313. The number of rotatable bonds is 6. The second kappa shape index (κ2) is 8.42. The van der Waals surface area contributed by atoms with Crippen LogP contribution in [-0.2, 0) is 15.3 Å². The lowest BCUT2D eigenvalue weighted by Gasteiger charge is -2.18. The molecule has 0 saturated heterocycles. The number of thioether (sulfide) groups is 1. The van der Waals surface area contributed by atoms with Crippen LogP contribution in [0.1, 0.15) is 16.9 Å². The van der Waals surface area contributed by atoms with Crippen molar-refractivity contribution in [2.45, 2.75) is 12.7 Å². The van der Waals surface area contributed by atoms with Crippen molar-refractivity contribution in [3.63, 3.8) is 0 Å². The van der Waals surface area contributed by atoms with Gasteiger partial charge in [-0.25, -0.2) is 4.90 Å². The Morgan fingerprint density at radius 3 is 2.60 bits per heavy atom. The number of imide groups is 1. The number of hydrogen-bond acceptors (Lipinski definition) is 5. The molecule has 0 aliphatic carbocycles. The van der Waals surface area contributed by atoms with Gasteiger partial charge in [0.2, 0.25) is 0 Å². The molecule has 30 heavy (non-hydrogen) atoms. The van der Waals surface area contributed by atoms with Gasteiger partial charge in [0, 0.05) is 10.6 Å². The second-order valence-corrected chi connectivity index (χ2v) is 8.07. The van der Waals surface area contributed by atoms with E-state index in [2.05, 4.69) is 0 Å². The fourth-order valence-corrected chi connectivity index (χ4v) is 4.49. The van der Waals surface area contributed by atoms with Gasteiger partial charge in [0.15, 0.2) is 0 Å². The molecule has 0 N–H and O–H groups in total. The van der Waals surface area contributed by atoms with Crippen molar-refractivity contribution in [1.82, 2.24) is 0 Å². The highest BCUT2D eigenvalue weighted by Crippen LogP contribution is 2.43. The van der Waals surface area contributed by atoms with Crippen LogP contribution in [0.15, 0.2) is 70.2 Å². The SMILES string of the molecule is COc1ccccc1C1=C(SCc2ccco2)C(=O)N(c2cc(Cl)ccc2C)C1=O. The van der Waals surface area contributed by atoms with E-state index >= 15 is 0 Å². The molecule has 3 aromatic rings. The molecule has 7 heteroatoms. The first kappa shape index (κ1) is 20.3. The molecule has 152 valence electrons. The fourth-order valence-electron chi connectivity index (χ4n) is 3.31. The zero-order chi connectivity index (χ0) is 21.3. The Bertz CT molecular complexity index is 1150. The van der Waals surface area contributed by atoms with Crippen LogP contribution in [0.4, 0.5) is 5.69 Å². The van der Waals surface area contributed by atoms with Gasteiger partial charge in [-0.3, -0.25) is 9.59 Å². The standard InChI is InChI=1S/C23H18ClNO4S/c1-14-9-10-15(24)12-18(14)25-22(26)20(17-7-3-4-8-19(17)28-2)21(23(25)27)30-13-16-6-5-11-29-16/h3-12H,13H2,1-2H3. The first-order valence-corrected chi connectivity index (χ1v) is 10.6. The number of benzene rings is 2. The molecule has 0 spiro atoms. The van der Waals surface area contributed by atoms with Gasteiger partial charge in [-0.2, -0.15) is 0 Å². The summed E-state index contributed by atoms with van der Waals surface area (Å²) in [4.78, 5) is 28.5. The number of halogens is 1. The summed E-state index contributed by atoms with van der Waals surface area (Å²) in [7, 11) is 1.54. The van der Waals surface area contributed by atoms with Crippen molar-refractivity contribution in [2.24, 2.45) is 0 Å². The summed E-state index contributed by atoms with van der Waals surface area (Å²) < 4.78 is 10.9. The molecule has 2 amide bonds. The zero-order valence-electron chi connectivity index (χ0n) is 16.3. The number of hydrogen-bond donors (Lipinski definition) is 0. The fraction of sp³-hybridized carbons (Fsp3) is 0.130. The predicted molar refractivity (Wildman–Crippen MR) is 119 cm³/mol. The Labute approximate surface area is 183 Å². The zero-order valence-corrected chi connectivity index (χ0v) is 17.9. The monoisotopic (exact) mass is 439 g/mol. The van der Waals surface area contributed by atoms with E-state index in [9.17, 15) is 9.59 Å². The lowest BCUT2D eigenvalue weighted by atomic mass is 10.0. The number of ether oxygens (including phenoxy) is 1. The third-order valence-electron chi connectivity index (χ3n) is 4.77. The molecule has 0 fully saturated rings. The molecular formula is C23H18ClNO4S. The summed E-state index contributed by atoms with van der Waals surface area (Å²) in [6, 6.07) is 15.9. The molecule has 0 atom stereocenters. The molecule has 0 radical (unpaired) electrons. The van der Waals surface area contributed by atoms with E-state index in [-0.39, 0.29) is 5.91 Å². The van der Waals surface area contributed by atoms with Crippen molar-refractivity contribution in [2.75, 3.05) is 12.0 Å². The van der Waals surface area contributed by atoms with E-state index in [0.717, 1.165) is 5.56 Å². The molecule has 0 saturated carbocycles. The maximum Gasteiger partial charge on any atom is 0.272 e. The van der Waals surface area contributed by atoms with Crippen molar-refractivity contribution in [3.8, 4) is 5.75 Å². The highest BCUT2D eigenvalue weighted by Gasteiger charge is 2.41. The Hall–Kier alpha value is -2.96. The summed E-state index contributed by atoms with van der Waals surface area (Å²) in [5.41, 5.74) is 2.13. The maximum absolute atomic E-state index is 13.5. The molecule has 5 nitrogen and oxygen atoms in total. The summed E-state index contributed by atoms with van der Waals surface area (Å²) in [6.07, 6.45) is 1.58. The van der Waals surface area contributed by atoms with Crippen LogP contribution < -0.4 is 9.64 Å². The highest BCUT2D eigenvalue weighted by atomic mass is 35.5. The maximum atomic E-state index is 13.5. The van der Waals surface area contributed by atoms with Crippen LogP contribution in [0.25, 0.3) is 5.57 Å². The number of methoxy groups -OCH3 is 1. The van der Waals surface area contributed by atoms with Crippen LogP contribution in [0, 0.1) is 6.92 Å². The highest BCUT2D eigenvalue weighted by molar-refractivity contribution is 8.03. The minimum atomic E-state index is -0.406. The van der Waals surface area contributed by atoms with Crippen LogP contribution in [0.3, 0.4) is 0 Å². The average molecular weight is 440 g/mol. The molecule has 1 aromatic heterocycles. The van der Waals surface area contributed by atoms with E-state index in [4.69, 9.17) is 20.8 Å². The lowest BCUT2D eigenvalue weighted by Crippen LogP contribution is -2.32. The number of carbonyl (C=O) groups excluding carboxylic acids is 2. The first-order valence-electron chi connectivity index (χ1n) is 9.19. The smallest absolute Gasteiger partial charge is 0.272 e. The Kier molecular flexibility index (Phi) is 5.70. The van der Waals surface area contributed by atoms with E-state index < -0.39 is 5.91 Å². The predicted octanol–water partition coefficient (Wildman–Crippen LogP) is 5.47. The Morgan fingerprint density at radius 1 is 1.07 bits per heavy atom. The molecule has 2 aromatic carbocycles. The van der Waals surface area contributed by atoms with Crippen molar-refractivity contribution < 1.29 is 18.7 Å². The van der Waals surface area contributed by atoms with Crippen molar-refractivity contribution in [1.29, 1.82) is 0 Å². The molecule has 4 rings (SSSR count). The normalized spacial score (nSPS) is 14.0. The topological polar surface area (TPSA) is 59.8 Å². The van der Waals surface area contributed by atoms with Gasteiger partial charge >= 0.3 is 0 Å². The van der Waals surface area contributed by atoms with Gasteiger partial charge in [-0.05, 0) is 42.8 Å². The van der Waals surface area contributed by atoms with Gasteiger partial charge in [-0.15, -0.1) is 11.8 Å². The van der Waals surface area contributed by atoms with Crippen LogP contribution >= 0.6 is 23.4 Å². The number of anilines is 1. The number of furan rings is 1. The van der Waals surface area contributed by atoms with E-state index in [1.54, 1.807) is 42.7 Å². The van der Waals surface area contributed by atoms with E-state index in [1.165, 1.54) is 23.8 Å². The Balaban J connectivity index is 1.82. The van der Waals surface area contributed by atoms with Crippen LogP contribution in [0.2, 0.25) is 5.02 Å². The third-order valence-corrected chi connectivity index (χ3v) is 6.10. The first-order chi connectivity index (χ1) is 14.5. The molecule has 2 heterocycles. The number of para-hydroxylation sites is 1. The molecule has 1 aliphatic rings. The average Bonchev–Trinajstić information content (AvgIpc) is 3.34. The minimum Gasteiger partial charge on any atom is -0.496 e. The molecule has 1 aliphatic heterocycles. The van der Waals surface area contributed by atoms with Crippen molar-refractivity contribution >= 4 is 46.4 Å². The molecule has 0 unspecified atom stereocenters. The van der Waals surface area contributed by atoms with Gasteiger partial charge in [0.05, 0.1) is 35.3 Å². The van der Waals surface area contributed by atoms with Gasteiger partial charge in [-0.1, -0.05) is 35.9 Å². The summed E-state index contributed by atoms with van der Waals surface area (Å²) >= 11 is 7.43. The number of aryl methyl sites for hydroxylation is 1. The summed E-state index contributed by atoms with van der Waals surface area (Å²) in [6.45, 7) is 1.84. The molecular weight excluding hydrogens is 422 g/mol. The number of amides is 2. The van der Waals surface area contributed by atoms with E-state index in [1.807, 2.05) is 25.1 Å². The van der Waals surface area contributed by atoms with E-state index in [0.29, 0.717) is 44.0 Å². The number of nitrogens with zero attached hydrogens (tertiary/aromatic N) is 1. The Morgan fingerprint density at radius 2 is 1.87 bits per heavy atom. The van der Waals surface area contributed by atoms with Gasteiger partial charge in [0.1, 0.15) is 11.5 Å². The second-order valence-electron chi connectivity index (χ2n) is 6.65. The largest absolute Gasteiger partial charge is 0.496 e. The van der Waals surface area contributed by atoms with Crippen LogP contribution in [-0.4, -0.2) is 18.9 Å². The summed E-state index contributed by atoms with van der Waals surface area (Å²) in [5.74, 6) is 0.862. The van der Waals surface area contributed by atoms with Gasteiger partial charge < -0.3 is 9.15 Å².